The van der Waals surface area contributed by atoms with Crippen molar-refractivity contribution < 1.29 is 14.5 Å². The molecule has 27 heavy (non-hydrogen) atoms. The Labute approximate surface area is 162 Å². The Bertz CT molecular complexity index is 822. The molecule has 0 aliphatic heterocycles. The van der Waals surface area contributed by atoms with Crippen LogP contribution < -0.4 is 0 Å². The number of rotatable bonds is 6. The minimum absolute atomic E-state index is 0.103. The molecule has 0 aromatic heterocycles. The van der Waals surface area contributed by atoms with E-state index in [0.29, 0.717) is 23.4 Å². The normalized spacial score (nSPS) is 24.9. The van der Waals surface area contributed by atoms with Crippen LogP contribution in [0.15, 0.2) is 54.6 Å². The van der Waals surface area contributed by atoms with Crippen LogP contribution in [0.5, 0.6) is 0 Å². The third kappa shape index (κ3) is 4.25. The van der Waals surface area contributed by atoms with E-state index in [0.717, 1.165) is 11.8 Å². The van der Waals surface area contributed by atoms with Crippen LogP contribution in [0.3, 0.4) is 0 Å². The molecule has 1 saturated carbocycles. The maximum atomic E-state index is 12.6. The third-order valence-corrected chi connectivity index (χ3v) is 5.65. The van der Waals surface area contributed by atoms with E-state index in [9.17, 15) is 19.7 Å². The van der Waals surface area contributed by atoms with Crippen LogP contribution in [0.1, 0.15) is 41.1 Å². The molecule has 1 fully saturated rings. The van der Waals surface area contributed by atoms with E-state index in [2.05, 4.69) is 0 Å². The van der Waals surface area contributed by atoms with Gasteiger partial charge in [0.25, 0.3) is 0 Å². The smallest absolute Gasteiger partial charge is 0.223 e. The highest BCUT2D eigenvalue weighted by molar-refractivity contribution is 6.30. The number of ketones is 1. The number of carbonyl (C=O) groups excluding carboxylic acids is 2. The zero-order valence-electron chi connectivity index (χ0n) is 14.7. The van der Waals surface area contributed by atoms with Crippen LogP contribution in [0.2, 0.25) is 5.02 Å². The van der Waals surface area contributed by atoms with Gasteiger partial charge in [-0.1, -0.05) is 54.1 Å². The standard InChI is InChI=1S/C21H20ClNO4/c22-18-10-8-15(9-11-18)20-17(13-24)7-6-16(21(20)23(26)27)12-19(25)14-4-2-1-3-5-14/h1-5,8-11,13,16-17,20-21H,6-7,12H2/t16-,17-,20-,21-/m1/s1. The first-order valence-corrected chi connectivity index (χ1v) is 9.31. The number of hydrogen-bond donors (Lipinski definition) is 0. The predicted octanol–water partition coefficient (Wildman–Crippen LogP) is 4.57. The highest BCUT2D eigenvalue weighted by Crippen LogP contribution is 2.43. The first-order chi connectivity index (χ1) is 13.0. The summed E-state index contributed by atoms with van der Waals surface area (Å²) in [4.78, 5) is 35.8. The van der Waals surface area contributed by atoms with Crippen molar-refractivity contribution in [1.82, 2.24) is 0 Å². The van der Waals surface area contributed by atoms with Gasteiger partial charge in [-0.15, -0.1) is 0 Å². The highest BCUT2D eigenvalue weighted by atomic mass is 35.5. The second kappa shape index (κ2) is 8.44. The van der Waals surface area contributed by atoms with Crippen LogP contribution in [-0.4, -0.2) is 23.0 Å². The molecule has 4 atom stereocenters. The first kappa shape index (κ1) is 19.2. The second-order valence-electron chi connectivity index (χ2n) is 6.98. The molecule has 0 saturated heterocycles. The van der Waals surface area contributed by atoms with Crippen molar-refractivity contribution in [2.24, 2.45) is 11.8 Å². The van der Waals surface area contributed by atoms with E-state index in [-0.39, 0.29) is 17.1 Å². The molecular formula is C21H20ClNO4. The molecule has 2 aromatic rings. The van der Waals surface area contributed by atoms with Gasteiger partial charge in [-0.2, -0.15) is 0 Å². The van der Waals surface area contributed by atoms with E-state index < -0.39 is 23.8 Å². The molecular weight excluding hydrogens is 366 g/mol. The van der Waals surface area contributed by atoms with Crippen LogP contribution in [0, 0.1) is 22.0 Å². The zero-order chi connectivity index (χ0) is 19.4. The van der Waals surface area contributed by atoms with Gasteiger partial charge in [-0.25, -0.2) is 0 Å². The minimum Gasteiger partial charge on any atom is -0.303 e. The molecule has 140 valence electrons. The van der Waals surface area contributed by atoms with E-state index in [1.807, 2.05) is 6.07 Å². The van der Waals surface area contributed by atoms with Crippen molar-refractivity contribution in [1.29, 1.82) is 0 Å². The number of carbonyl (C=O) groups is 2. The van der Waals surface area contributed by atoms with Crippen molar-refractivity contribution in [2.45, 2.75) is 31.2 Å². The maximum Gasteiger partial charge on any atom is 0.223 e. The summed E-state index contributed by atoms with van der Waals surface area (Å²) in [5.41, 5.74) is 1.27. The number of nitro groups is 1. The molecule has 2 aromatic carbocycles. The topological polar surface area (TPSA) is 77.3 Å². The van der Waals surface area contributed by atoms with Gasteiger partial charge in [0.1, 0.15) is 6.29 Å². The Morgan fingerprint density at radius 2 is 1.78 bits per heavy atom. The lowest BCUT2D eigenvalue weighted by Gasteiger charge is -2.36. The Morgan fingerprint density at radius 1 is 1.11 bits per heavy atom. The van der Waals surface area contributed by atoms with Crippen molar-refractivity contribution in [2.75, 3.05) is 0 Å². The fourth-order valence-corrected chi connectivity index (χ4v) is 4.22. The minimum atomic E-state index is -0.984. The fourth-order valence-electron chi connectivity index (χ4n) is 4.09. The van der Waals surface area contributed by atoms with Gasteiger partial charge in [0.15, 0.2) is 5.78 Å². The molecule has 5 nitrogen and oxygen atoms in total. The average molecular weight is 386 g/mol. The third-order valence-electron chi connectivity index (χ3n) is 5.40. The Hall–Kier alpha value is -2.53. The van der Waals surface area contributed by atoms with Gasteiger partial charge in [-0.05, 0) is 30.5 Å². The number of benzene rings is 2. The van der Waals surface area contributed by atoms with Gasteiger partial charge < -0.3 is 4.79 Å². The molecule has 0 amide bonds. The lowest BCUT2D eigenvalue weighted by atomic mass is 9.67. The molecule has 1 aliphatic rings. The summed E-state index contributed by atoms with van der Waals surface area (Å²) in [5, 5.41) is 12.5. The predicted molar refractivity (Wildman–Crippen MR) is 103 cm³/mol. The van der Waals surface area contributed by atoms with E-state index >= 15 is 0 Å². The summed E-state index contributed by atoms with van der Waals surface area (Å²) in [6.07, 6.45) is 1.93. The molecule has 0 spiro atoms. The van der Waals surface area contributed by atoms with Gasteiger partial charge in [0, 0.05) is 33.8 Å². The Morgan fingerprint density at radius 3 is 2.37 bits per heavy atom. The van der Waals surface area contributed by atoms with Crippen molar-refractivity contribution in [3.05, 3.63) is 80.9 Å². The molecule has 0 bridgehead atoms. The van der Waals surface area contributed by atoms with Crippen molar-refractivity contribution in [3.63, 3.8) is 0 Å². The number of aldehydes is 1. The maximum absolute atomic E-state index is 12.6. The monoisotopic (exact) mass is 385 g/mol. The van der Waals surface area contributed by atoms with Crippen molar-refractivity contribution in [3.8, 4) is 0 Å². The lowest BCUT2D eigenvalue weighted by Crippen LogP contribution is -2.44. The molecule has 0 unspecified atom stereocenters. The molecule has 0 heterocycles. The summed E-state index contributed by atoms with van der Waals surface area (Å²) in [5.74, 6) is -1.52. The molecule has 1 aliphatic carbocycles. The van der Waals surface area contributed by atoms with E-state index in [4.69, 9.17) is 11.6 Å². The SMILES string of the molecule is O=C[C@H]1CC[C@H](CC(=O)c2ccccc2)[C@@H]([N+](=O)[O-])[C@@H]1c1ccc(Cl)cc1. The fraction of sp³-hybridized carbons (Fsp3) is 0.333. The number of hydrogen-bond acceptors (Lipinski definition) is 4. The second-order valence-corrected chi connectivity index (χ2v) is 7.42. The van der Waals surface area contributed by atoms with Crippen molar-refractivity contribution >= 4 is 23.7 Å². The Kier molecular flexibility index (Phi) is 6.01. The Balaban J connectivity index is 1.91. The molecule has 0 radical (unpaired) electrons. The molecule has 3 rings (SSSR count). The van der Waals surface area contributed by atoms with Crippen LogP contribution in [0.25, 0.3) is 0 Å². The van der Waals surface area contributed by atoms with Gasteiger partial charge in [0.2, 0.25) is 6.04 Å². The van der Waals surface area contributed by atoms with Crippen LogP contribution >= 0.6 is 11.6 Å². The zero-order valence-corrected chi connectivity index (χ0v) is 15.4. The summed E-state index contributed by atoms with van der Waals surface area (Å²) in [7, 11) is 0. The number of halogens is 1. The molecule has 6 heteroatoms. The van der Waals surface area contributed by atoms with Gasteiger partial charge in [-0.3, -0.25) is 14.9 Å². The van der Waals surface area contributed by atoms with Gasteiger partial charge in [0.05, 0.1) is 5.92 Å². The van der Waals surface area contributed by atoms with E-state index in [1.165, 1.54) is 0 Å². The largest absolute Gasteiger partial charge is 0.303 e. The highest BCUT2D eigenvalue weighted by Gasteiger charge is 2.48. The summed E-state index contributed by atoms with van der Waals surface area (Å²) in [6.45, 7) is 0. The first-order valence-electron chi connectivity index (χ1n) is 8.93. The summed E-state index contributed by atoms with van der Waals surface area (Å²) >= 11 is 5.94. The summed E-state index contributed by atoms with van der Waals surface area (Å²) in [6, 6.07) is 14.7. The quantitative estimate of drug-likeness (QED) is 0.316. The number of Topliss-reactive ketones (excluding diaryl/α,β-unsaturated/α-hetero) is 1. The average Bonchev–Trinajstić information content (AvgIpc) is 2.68. The van der Waals surface area contributed by atoms with E-state index in [1.54, 1.807) is 48.5 Å². The van der Waals surface area contributed by atoms with Crippen LogP contribution in [-0.2, 0) is 4.79 Å². The number of nitrogens with zero attached hydrogens (tertiary/aromatic N) is 1. The van der Waals surface area contributed by atoms with Gasteiger partial charge >= 0.3 is 0 Å². The molecule has 0 N–H and O–H groups in total. The summed E-state index contributed by atoms with van der Waals surface area (Å²) < 4.78 is 0. The lowest BCUT2D eigenvalue weighted by molar-refractivity contribution is -0.540. The van der Waals surface area contributed by atoms with Crippen LogP contribution in [0.4, 0.5) is 0 Å².